The molecule has 0 unspecified atom stereocenters. The fourth-order valence-electron chi connectivity index (χ4n) is 0.313. The van der Waals surface area contributed by atoms with Crippen molar-refractivity contribution in [1.82, 2.24) is 11.1 Å². The summed E-state index contributed by atoms with van der Waals surface area (Å²) >= 11 is 0. The summed E-state index contributed by atoms with van der Waals surface area (Å²) in [6.07, 6.45) is 3.33. The van der Waals surface area contributed by atoms with Gasteiger partial charge in [0.1, 0.15) is 0 Å². The zero-order chi connectivity index (χ0) is 7.82. The highest BCUT2D eigenvalue weighted by molar-refractivity contribution is 4.88. The number of nitrogens with zero attached hydrogens (tertiary/aromatic N) is 1. The van der Waals surface area contributed by atoms with E-state index in [0.717, 1.165) is 0 Å². The highest BCUT2D eigenvalue weighted by Crippen LogP contribution is 1.73. The Hall–Kier alpha value is -0.930. The molecule has 0 atom stereocenters. The Balaban J connectivity index is 0. The number of aromatic nitrogens is 1. The summed E-state index contributed by atoms with van der Waals surface area (Å²) in [6.45, 7) is 3.44. The van der Waals surface area contributed by atoms with Crippen LogP contribution in [-0.4, -0.2) is 16.2 Å². The van der Waals surface area contributed by atoms with Gasteiger partial charge >= 0.3 is 0 Å². The Morgan fingerprint density at radius 3 is 1.55 bits per heavy atom. The fourth-order valence-corrected chi connectivity index (χ4v) is 0.313. The standard InChI is InChI=1S/C5H5N.C3H8O.H3N/c1-2-4-6-5-3-1;1-3(2)4;/h1-5H;3-4H,1-2H3;1H3. The Kier molecular flexibility index (Phi) is 10.5. The lowest BCUT2D eigenvalue weighted by Gasteiger charge is -1.80. The van der Waals surface area contributed by atoms with E-state index in [-0.39, 0.29) is 12.3 Å². The van der Waals surface area contributed by atoms with Gasteiger partial charge in [0.05, 0.1) is 0 Å². The van der Waals surface area contributed by atoms with E-state index in [9.17, 15) is 0 Å². The number of aliphatic hydroxyl groups excluding tert-OH is 1. The maximum absolute atomic E-state index is 8.06. The third kappa shape index (κ3) is 17.6. The summed E-state index contributed by atoms with van der Waals surface area (Å²) in [4.78, 5) is 3.78. The monoisotopic (exact) mass is 156 g/mol. The molecule has 11 heavy (non-hydrogen) atoms. The molecule has 0 aromatic carbocycles. The molecule has 1 heterocycles. The maximum Gasteiger partial charge on any atom is 0.0483 e. The minimum Gasteiger partial charge on any atom is -0.394 e. The van der Waals surface area contributed by atoms with Gasteiger partial charge in [-0.2, -0.15) is 0 Å². The van der Waals surface area contributed by atoms with Crippen molar-refractivity contribution in [2.24, 2.45) is 0 Å². The molecule has 0 bridgehead atoms. The summed E-state index contributed by atoms with van der Waals surface area (Å²) in [5, 5.41) is 8.06. The summed E-state index contributed by atoms with van der Waals surface area (Å²) in [5.41, 5.74) is 0. The molecular weight excluding hydrogens is 140 g/mol. The van der Waals surface area contributed by atoms with E-state index in [1.54, 1.807) is 26.2 Å². The molecule has 0 aliphatic rings. The molecule has 0 spiro atoms. The van der Waals surface area contributed by atoms with Crippen LogP contribution in [0, 0.1) is 0 Å². The second-order valence-electron chi connectivity index (χ2n) is 2.12. The van der Waals surface area contributed by atoms with Gasteiger partial charge in [-0.1, -0.05) is 6.07 Å². The molecule has 0 amide bonds. The largest absolute Gasteiger partial charge is 0.394 e. The van der Waals surface area contributed by atoms with Gasteiger partial charge in [-0.25, -0.2) is 0 Å². The molecule has 64 valence electrons. The van der Waals surface area contributed by atoms with Gasteiger partial charge in [-0.05, 0) is 26.0 Å². The smallest absolute Gasteiger partial charge is 0.0483 e. The molecule has 1 aromatic rings. The van der Waals surface area contributed by atoms with Crippen LogP contribution in [0.3, 0.4) is 0 Å². The van der Waals surface area contributed by atoms with Crippen molar-refractivity contribution in [3.05, 3.63) is 30.6 Å². The Labute approximate surface area is 67.7 Å². The van der Waals surface area contributed by atoms with Crippen molar-refractivity contribution >= 4 is 0 Å². The Morgan fingerprint density at radius 1 is 1.09 bits per heavy atom. The summed E-state index contributed by atoms with van der Waals surface area (Å²) in [6, 6.07) is 5.72. The minimum absolute atomic E-state index is 0. The van der Waals surface area contributed by atoms with Crippen molar-refractivity contribution < 1.29 is 5.11 Å². The lowest BCUT2D eigenvalue weighted by atomic mass is 10.5. The molecular formula is C8H16N2O. The van der Waals surface area contributed by atoms with Crippen molar-refractivity contribution in [1.29, 1.82) is 0 Å². The van der Waals surface area contributed by atoms with Gasteiger partial charge in [0.25, 0.3) is 0 Å². The van der Waals surface area contributed by atoms with E-state index in [2.05, 4.69) is 4.98 Å². The first-order valence-corrected chi connectivity index (χ1v) is 3.26. The second-order valence-corrected chi connectivity index (χ2v) is 2.12. The maximum atomic E-state index is 8.06. The van der Waals surface area contributed by atoms with E-state index >= 15 is 0 Å². The van der Waals surface area contributed by atoms with E-state index < -0.39 is 0 Å². The number of hydrogen-bond acceptors (Lipinski definition) is 3. The highest BCUT2D eigenvalue weighted by Gasteiger charge is 1.69. The molecule has 0 radical (unpaired) electrons. The molecule has 1 aromatic heterocycles. The van der Waals surface area contributed by atoms with Crippen LogP contribution in [0.4, 0.5) is 0 Å². The van der Waals surface area contributed by atoms with Crippen LogP contribution in [0.15, 0.2) is 30.6 Å². The molecule has 0 saturated heterocycles. The number of hydrogen-bond donors (Lipinski definition) is 2. The predicted molar refractivity (Wildman–Crippen MR) is 46.6 cm³/mol. The lowest BCUT2D eigenvalue weighted by Crippen LogP contribution is -1.85. The van der Waals surface area contributed by atoms with Gasteiger partial charge in [0, 0.05) is 18.5 Å². The van der Waals surface area contributed by atoms with E-state index in [0.29, 0.717) is 0 Å². The molecule has 0 aliphatic heterocycles. The Morgan fingerprint density at radius 2 is 1.45 bits per heavy atom. The van der Waals surface area contributed by atoms with Crippen molar-refractivity contribution in [2.75, 3.05) is 0 Å². The zero-order valence-corrected chi connectivity index (χ0v) is 7.07. The van der Waals surface area contributed by atoms with E-state index in [4.69, 9.17) is 5.11 Å². The summed E-state index contributed by atoms with van der Waals surface area (Å²) < 4.78 is 0. The predicted octanol–water partition coefficient (Wildman–Crippen LogP) is 1.63. The first kappa shape index (κ1) is 12.7. The molecule has 0 saturated carbocycles. The molecule has 1 rings (SSSR count). The first-order chi connectivity index (χ1) is 4.73. The van der Waals surface area contributed by atoms with Crippen LogP contribution >= 0.6 is 0 Å². The topological polar surface area (TPSA) is 68.1 Å². The number of rotatable bonds is 0. The van der Waals surface area contributed by atoms with Gasteiger partial charge < -0.3 is 11.3 Å². The average molecular weight is 156 g/mol. The van der Waals surface area contributed by atoms with Crippen LogP contribution in [-0.2, 0) is 0 Å². The van der Waals surface area contributed by atoms with Gasteiger partial charge in [0.15, 0.2) is 0 Å². The SMILES string of the molecule is CC(C)O.N.c1ccncc1. The number of aliphatic hydroxyl groups is 1. The van der Waals surface area contributed by atoms with Crippen LogP contribution in [0.1, 0.15) is 13.8 Å². The van der Waals surface area contributed by atoms with Crippen LogP contribution in [0.5, 0.6) is 0 Å². The normalized spacial score (nSPS) is 7.64. The van der Waals surface area contributed by atoms with Crippen LogP contribution < -0.4 is 6.15 Å². The van der Waals surface area contributed by atoms with Crippen molar-refractivity contribution in [3.8, 4) is 0 Å². The first-order valence-electron chi connectivity index (χ1n) is 3.26. The van der Waals surface area contributed by atoms with Gasteiger partial charge in [0.2, 0.25) is 0 Å². The molecule has 4 N–H and O–H groups in total. The quantitative estimate of drug-likeness (QED) is 0.600. The van der Waals surface area contributed by atoms with Gasteiger partial charge in [-0.15, -0.1) is 0 Å². The molecule has 0 fully saturated rings. The molecule has 3 heteroatoms. The third-order valence-corrected chi connectivity index (χ3v) is 0.566. The summed E-state index contributed by atoms with van der Waals surface area (Å²) in [5.74, 6) is 0. The summed E-state index contributed by atoms with van der Waals surface area (Å²) in [7, 11) is 0. The number of pyridine rings is 1. The second kappa shape index (κ2) is 9.07. The molecule has 0 aliphatic carbocycles. The van der Waals surface area contributed by atoms with Crippen LogP contribution in [0.25, 0.3) is 0 Å². The third-order valence-electron chi connectivity index (χ3n) is 0.566. The highest BCUT2D eigenvalue weighted by atomic mass is 16.3. The average Bonchev–Trinajstić information content (AvgIpc) is 1.90. The fraction of sp³-hybridized carbons (Fsp3) is 0.375. The molecule has 3 nitrogen and oxygen atoms in total. The van der Waals surface area contributed by atoms with Crippen molar-refractivity contribution in [3.63, 3.8) is 0 Å². The van der Waals surface area contributed by atoms with Gasteiger partial charge in [-0.3, -0.25) is 4.98 Å². The van der Waals surface area contributed by atoms with E-state index in [1.165, 1.54) is 0 Å². The van der Waals surface area contributed by atoms with E-state index in [1.807, 2.05) is 18.2 Å². The minimum atomic E-state index is -0.167. The zero-order valence-electron chi connectivity index (χ0n) is 7.07. The lowest BCUT2D eigenvalue weighted by molar-refractivity contribution is 0.216. The Bertz CT molecular complexity index is 113. The van der Waals surface area contributed by atoms with Crippen molar-refractivity contribution in [2.45, 2.75) is 20.0 Å². The van der Waals surface area contributed by atoms with Crippen LogP contribution in [0.2, 0.25) is 0 Å².